The number of alkyl halides is 18. The Morgan fingerprint density at radius 1 is 0.415 bits per heavy atom. The molecule has 0 N–H and O–H groups in total. The summed E-state index contributed by atoms with van der Waals surface area (Å²) in [7, 11) is 0. The van der Waals surface area contributed by atoms with Crippen molar-refractivity contribution in [1.29, 1.82) is 0 Å². The summed E-state index contributed by atoms with van der Waals surface area (Å²) >= 11 is 1.28. The summed E-state index contributed by atoms with van der Waals surface area (Å²) in [5.41, 5.74) is 0.969. The Morgan fingerprint density at radius 3 is 1.15 bits per heavy atom. The first kappa shape index (κ1) is 41.2. The molecule has 5 nitrogen and oxygen atoms in total. The van der Waals surface area contributed by atoms with Gasteiger partial charge < -0.3 is 9.47 Å². The van der Waals surface area contributed by atoms with Crippen molar-refractivity contribution in [3.05, 3.63) is 66.7 Å². The highest BCUT2D eigenvalue weighted by molar-refractivity contribution is 7.18. The van der Waals surface area contributed by atoms with Crippen molar-refractivity contribution in [2.24, 2.45) is 0 Å². The van der Waals surface area contributed by atoms with Crippen molar-refractivity contribution >= 4 is 11.3 Å². The van der Waals surface area contributed by atoms with Crippen molar-refractivity contribution in [2.75, 3.05) is 13.2 Å². The summed E-state index contributed by atoms with van der Waals surface area (Å²) in [4.78, 5) is 10.8. The van der Waals surface area contributed by atoms with Crippen LogP contribution in [0.25, 0.3) is 32.3 Å². The quantitative estimate of drug-likeness (QED) is 0.126. The van der Waals surface area contributed by atoms with Crippen LogP contribution in [-0.4, -0.2) is 76.1 Å². The van der Waals surface area contributed by atoms with Gasteiger partial charge in [-0.2, -0.15) is 89.0 Å². The normalized spacial score (nSPS) is 14.0. The van der Waals surface area contributed by atoms with Crippen LogP contribution in [0.5, 0.6) is 12.0 Å². The number of aromatic nitrogens is 3. The molecule has 53 heavy (non-hydrogen) atoms. The molecule has 0 saturated carbocycles. The van der Waals surface area contributed by atoms with Crippen LogP contribution in [0, 0.1) is 0 Å². The zero-order valence-electron chi connectivity index (χ0n) is 25.1. The number of hydrogen-bond acceptors (Lipinski definition) is 6. The molecule has 0 amide bonds. The van der Waals surface area contributed by atoms with Gasteiger partial charge in [0.15, 0.2) is 19.0 Å². The van der Waals surface area contributed by atoms with Crippen molar-refractivity contribution in [3.63, 3.8) is 0 Å². The maximum absolute atomic E-state index is 14.1. The van der Waals surface area contributed by atoms with E-state index in [-0.39, 0.29) is 5.56 Å². The topological polar surface area (TPSA) is 57.1 Å². The Bertz CT molecular complexity index is 1810. The minimum atomic E-state index is -7.37. The van der Waals surface area contributed by atoms with Gasteiger partial charge in [-0.1, -0.05) is 54.6 Å². The minimum absolute atomic E-state index is 0.327. The second-order valence-electron chi connectivity index (χ2n) is 10.6. The van der Waals surface area contributed by atoms with Crippen molar-refractivity contribution in [3.8, 4) is 44.3 Å². The average molecular weight is 811 g/mol. The van der Waals surface area contributed by atoms with Crippen LogP contribution < -0.4 is 9.47 Å². The molecule has 0 radical (unpaired) electrons. The van der Waals surface area contributed by atoms with Gasteiger partial charge in [0.05, 0.1) is 0 Å². The average Bonchev–Trinajstić information content (AvgIpc) is 3.56. The van der Waals surface area contributed by atoms with Gasteiger partial charge in [0, 0.05) is 15.3 Å². The Balaban J connectivity index is 1.68. The predicted octanol–water partition coefficient (Wildman–Crippen LogP) is 10.6. The van der Waals surface area contributed by atoms with Crippen LogP contribution in [0.3, 0.4) is 0 Å². The van der Waals surface area contributed by atoms with Gasteiger partial charge in [-0.05, 0) is 23.3 Å². The van der Waals surface area contributed by atoms with E-state index in [2.05, 4.69) is 24.4 Å². The molecule has 4 rings (SSSR count). The third-order valence-electron chi connectivity index (χ3n) is 6.87. The summed E-state index contributed by atoms with van der Waals surface area (Å²) in [5.74, 6) is -43.0. The SMILES string of the molecule is FC(F)(F)C(F)(F)C(F)(F)C(F)(F)COc1nc(OCC(F)(F)C(F)(F)C(F)(F)C(F)(F)F)nc(-c2ccc(-c3ccc(-c4ccccc4)s3)cc2)n1. The predicted molar refractivity (Wildman–Crippen MR) is 147 cm³/mol. The van der Waals surface area contributed by atoms with Gasteiger partial charge in [0.1, 0.15) is 0 Å². The lowest BCUT2D eigenvalue weighted by molar-refractivity contribution is -0.398. The van der Waals surface area contributed by atoms with E-state index in [1.165, 1.54) is 23.5 Å². The number of benzene rings is 2. The molecule has 0 aliphatic rings. The Hall–Kier alpha value is -4.51. The molecule has 0 atom stereocenters. The Morgan fingerprint density at radius 2 is 0.774 bits per heavy atom. The summed E-state index contributed by atoms with van der Waals surface area (Å²) in [6.07, 6.45) is -14.5. The molecule has 0 fully saturated rings. The monoisotopic (exact) mass is 811 g/mol. The highest BCUT2D eigenvalue weighted by Gasteiger charge is 2.83. The summed E-state index contributed by atoms with van der Waals surface area (Å²) < 4.78 is 247. The van der Waals surface area contributed by atoms with Crippen molar-refractivity contribution in [2.45, 2.75) is 47.9 Å². The standard InChI is InChI=1S/C29H15F18N3O2S/c30-22(31,24(34,35)26(38,39)28(42,43)44)12-51-20-48-19(49-21(50-20)52-13-23(32,33)25(36,37)27(40,41)29(45,46)47)16-8-6-15(7-9-16)18-11-10-17(53-18)14-4-2-1-3-5-14/h1-11H,12-13H2. The van der Waals surface area contributed by atoms with Gasteiger partial charge in [-0.25, -0.2) is 0 Å². The van der Waals surface area contributed by atoms with E-state index in [9.17, 15) is 79.0 Å². The maximum Gasteiger partial charge on any atom is 0.460 e. The zero-order chi connectivity index (χ0) is 40.1. The molecule has 2 aromatic carbocycles. The van der Waals surface area contributed by atoms with Crippen LogP contribution in [0.4, 0.5) is 79.0 Å². The molecule has 290 valence electrons. The van der Waals surface area contributed by atoms with Crippen molar-refractivity contribution < 1.29 is 88.5 Å². The van der Waals surface area contributed by atoms with Crippen molar-refractivity contribution in [1.82, 2.24) is 15.0 Å². The van der Waals surface area contributed by atoms with E-state index >= 15 is 0 Å². The van der Waals surface area contributed by atoms with Crippen LogP contribution in [-0.2, 0) is 0 Å². The van der Waals surface area contributed by atoms with E-state index in [1.807, 2.05) is 0 Å². The number of nitrogens with zero attached hydrogens (tertiary/aromatic N) is 3. The third-order valence-corrected chi connectivity index (χ3v) is 8.05. The minimum Gasteiger partial charge on any atom is -0.457 e. The summed E-state index contributed by atoms with van der Waals surface area (Å²) in [5, 5.41) is 0. The molecule has 2 heterocycles. The molecular formula is C29H15F18N3O2S. The molecule has 0 aliphatic heterocycles. The van der Waals surface area contributed by atoms with E-state index in [0.717, 1.165) is 22.6 Å². The van der Waals surface area contributed by atoms with E-state index in [1.54, 1.807) is 42.5 Å². The van der Waals surface area contributed by atoms with Gasteiger partial charge in [0.2, 0.25) is 0 Å². The number of rotatable bonds is 13. The second kappa shape index (κ2) is 13.7. The van der Waals surface area contributed by atoms with Gasteiger partial charge in [0.25, 0.3) is 0 Å². The second-order valence-corrected chi connectivity index (χ2v) is 11.7. The lowest BCUT2D eigenvalue weighted by atomic mass is 10.0. The largest absolute Gasteiger partial charge is 0.460 e. The molecule has 0 spiro atoms. The first-order valence-electron chi connectivity index (χ1n) is 13.7. The fraction of sp³-hybridized carbons (Fsp3) is 0.345. The Kier molecular flexibility index (Phi) is 10.7. The molecule has 4 aromatic rings. The van der Waals surface area contributed by atoms with E-state index in [4.69, 9.17) is 0 Å². The van der Waals surface area contributed by atoms with E-state index in [0.29, 0.717) is 10.4 Å². The molecule has 2 aromatic heterocycles. The molecule has 0 unspecified atom stereocenters. The molecule has 24 heteroatoms. The fourth-order valence-electron chi connectivity index (χ4n) is 3.94. The lowest BCUT2D eigenvalue weighted by Crippen LogP contribution is -2.62. The van der Waals surface area contributed by atoms with Gasteiger partial charge in [-0.15, -0.1) is 16.3 Å². The highest BCUT2D eigenvalue weighted by atomic mass is 32.1. The highest BCUT2D eigenvalue weighted by Crippen LogP contribution is 2.54. The van der Waals surface area contributed by atoms with Crippen LogP contribution in [0.15, 0.2) is 66.7 Å². The molecule has 0 aliphatic carbocycles. The fourth-order valence-corrected chi connectivity index (χ4v) is 4.95. The van der Waals surface area contributed by atoms with Crippen LogP contribution in [0.2, 0.25) is 0 Å². The first-order chi connectivity index (χ1) is 24.1. The third kappa shape index (κ3) is 7.77. The Labute approximate surface area is 287 Å². The zero-order valence-corrected chi connectivity index (χ0v) is 26.0. The van der Waals surface area contributed by atoms with Gasteiger partial charge in [-0.3, -0.25) is 0 Å². The van der Waals surface area contributed by atoms with E-state index < -0.39 is 78.9 Å². The van der Waals surface area contributed by atoms with Crippen LogP contribution in [0.1, 0.15) is 0 Å². The van der Waals surface area contributed by atoms with Gasteiger partial charge >= 0.3 is 59.9 Å². The maximum atomic E-state index is 14.1. The summed E-state index contributed by atoms with van der Waals surface area (Å²) in [6.45, 7) is -6.22. The first-order valence-corrected chi connectivity index (χ1v) is 14.6. The molecule has 0 saturated heterocycles. The smallest absolute Gasteiger partial charge is 0.457 e. The number of hydrogen-bond donors (Lipinski definition) is 0. The van der Waals surface area contributed by atoms with Crippen LogP contribution >= 0.6 is 11.3 Å². The number of ether oxygens (including phenoxy) is 2. The lowest BCUT2D eigenvalue weighted by Gasteiger charge is -2.33. The molecular weight excluding hydrogens is 796 g/mol. The number of thiophene rings is 1. The summed E-state index contributed by atoms with van der Waals surface area (Å²) in [6, 6.07) is 13.5. The molecule has 0 bridgehead atoms. The number of halogens is 18.